The number of rotatable bonds is 5. The fourth-order valence-corrected chi connectivity index (χ4v) is 2.47. The topological polar surface area (TPSA) is 66.5 Å². The summed E-state index contributed by atoms with van der Waals surface area (Å²) >= 11 is 0. The SMILES string of the molecule is CC(=O)C/C(=C/C(=O)NC(=O)c1ccccc1)N1CCCC1. The van der Waals surface area contributed by atoms with Gasteiger partial charge in [-0.2, -0.15) is 0 Å². The molecule has 1 aliphatic heterocycles. The highest BCUT2D eigenvalue weighted by Crippen LogP contribution is 2.17. The van der Waals surface area contributed by atoms with E-state index in [9.17, 15) is 14.4 Å². The van der Waals surface area contributed by atoms with Crippen LogP contribution in [0.1, 0.15) is 36.5 Å². The first-order valence-corrected chi connectivity index (χ1v) is 7.41. The predicted octanol–water partition coefficient (Wildman–Crippen LogP) is 1.90. The van der Waals surface area contributed by atoms with Gasteiger partial charge < -0.3 is 4.90 Å². The minimum atomic E-state index is -0.489. The lowest BCUT2D eigenvalue weighted by Gasteiger charge is -2.20. The second-order valence-electron chi connectivity index (χ2n) is 5.39. The number of carbonyl (C=O) groups is 3. The van der Waals surface area contributed by atoms with Gasteiger partial charge in [0.15, 0.2) is 0 Å². The molecule has 0 aliphatic carbocycles. The summed E-state index contributed by atoms with van der Waals surface area (Å²) in [5.41, 5.74) is 1.11. The number of Topliss-reactive ketones (excluding diaryl/α,β-unsaturated/α-hetero) is 1. The zero-order valence-corrected chi connectivity index (χ0v) is 12.7. The fraction of sp³-hybridized carbons (Fsp3) is 0.353. The van der Waals surface area contributed by atoms with E-state index in [0.29, 0.717) is 11.3 Å². The Bertz CT molecular complexity index is 587. The number of carbonyl (C=O) groups excluding carboxylic acids is 3. The van der Waals surface area contributed by atoms with Gasteiger partial charge in [-0.15, -0.1) is 0 Å². The molecule has 0 unspecified atom stereocenters. The van der Waals surface area contributed by atoms with Crippen LogP contribution < -0.4 is 5.32 Å². The van der Waals surface area contributed by atoms with Crippen LogP contribution >= 0.6 is 0 Å². The molecule has 1 saturated heterocycles. The van der Waals surface area contributed by atoms with Crippen molar-refractivity contribution in [1.82, 2.24) is 10.2 Å². The lowest BCUT2D eigenvalue weighted by atomic mass is 10.2. The van der Waals surface area contributed by atoms with Crippen molar-refractivity contribution in [3.05, 3.63) is 47.7 Å². The summed E-state index contributed by atoms with van der Waals surface area (Å²) < 4.78 is 0. The quantitative estimate of drug-likeness (QED) is 0.843. The van der Waals surface area contributed by atoms with Gasteiger partial charge in [-0.25, -0.2) is 0 Å². The molecule has 2 rings (SSSR count). The molecule has 0 atom stereocenters. The van der Waals surface area contributed by atoms with Gasteiger partial charge in [0.2, 0.25) is 0 Å². The van der Waals surface area contributed by atoms with Crippen molar-refractivity contribution in [2.24, 2.45) is 0 Å². The van der Waals surface area contributed by atoms with E-state index in [4.69, 9.17) is 0 Å². The molecule has 0 saturated carbocycles. The van der Waals surface area contributed by atoms with Crippen molar-refractivity contribution in [3.8, 4) is 0 Å². The normalized spacial score (nSPS) is 14.8. The van der Waals surface area contributed by atoms with E-state index in [0.717, 1.165) is 25.9 Å². The average molecular weight is 300 g/mol. The third kappa shape index (κ3) is 4.55. The number of ketones is 1. The molecular formula is C17H20N2O3. The average Bonchev–Trinajstić information content (AvgIpc) is 3.01. The molecule has 1 N–H and O–H groups in total. The number of likely N-dealkylation sites (tertiary alicyclic amines) is 1. The second-order valence-corrected chi connectivity index (χ2v) is 5.39. The minimum absolute atomic E-state index is 0.000311. The molecule has 1 aromatic carbocycles. The highest BCUT2D eigenvalue weighted by atomic mass is 16.2. The molecule has 0 bridgehead atoms. The van der Waals surface area contributed by atoms with Gasteiger partial charge >= 0.3 is 0 Å². The number of hydrogen-bond donors (Lipinski definition) is 1. The van der Waals surface area contributed by atoms with Crippen LogP contribution in [0.2, 0.25) is 0 Å². The first kappa shape index (κ1) is 15.9. The second kappa shape index (κ2) is 7.54. The molecule has 0 spiro atoms. The summed E-state index contributed by atoms with van der Waals surface area (Å²) in [7, 11) is 0. The van der Waals surface area contributed by atoms with Crippen molar-refractivity contribution in [2.45, 2.75) is 26.2 Å². The van der Waals surface area contributed by atoms with Crippen LogP contribution in [-0.2, 0) is 9.59 Å². The molecular weight excluding hydrogens is 280 g/mol. The number of benzene rings is 1. The summed E-state index contributed by atoms with van der Waals surface area (Å²) in [6.07, 6.45) is 3.69. The third-order valence-electron chi connectivity index (χ3n) is 3.51. The summed E-state index contributed by atoms with van der Waals surface area (Å²) in [5.74, 6) is -0.928. The number of amides is 2. The summed E-state index contributed by atoms with van der Waals surface area (Å²) in [4.78, 5) is 37.4. The van der Waals surface area contributed by atoms with Crippen molar-refractivity contribution >= 4 is 17.6 Å². The Kier molecular flexibility index (Phi) is 5.47. The number of nitrogens with zero attached hydrogens (tertiary/aromatic N) is 1. The molecule has 2 amide bonds. The maximum absolute atomic E-state index is 12.0. The molecule has 1 aromatic rings. The van der Waals surface area contributed by atoms with Gasteiger partial charge in [-0.3, -0.25) is 19.7 Å². The standard InChI is InChI=1S/C17H20N2O3/c1-13(20)11-15(19-9-5-6-10-19)12-16(21)18-17(22)14-7-3-2-4-8-14/h2-4,7-8,12H,5-6,9-11H2,1H3,(H,18,21,22)/b15-12-. The first-order valence-electron chi connectivity index (χ1n) is 7.41. The van der Waals surface area contributed by atoms with Gasteiger partial charge in [0.25, 0.3) is 11.8 Å². The lowest BCUT2D eigenvalue weighted by molar-refractivity contribution is -0.116. The van der Waals surface area contributed by atoms with Gasteiger partial charge in [0.1, 0.15) is 5.78 Å². The van der Waals surface area contributed by atoms with Gasteiger partial charge in [-0.1, -0.05) is 18.2 Å². The van der Waals surface area contributed by atoms with Crippen molar-refractivity contribution in [2.75, 3.05) is 13.1 Å². The molecule has 5 nitrogen and oxygen atoms in total. The molecule has 116 valence electrons. The van der Waals surface area contributed by atoms with Gasteiger partial charge in [0.05, 0.1) is 0 Å². The third-order valence-corrected chi connectivity index (χ3v) is 3.51. The molecule has 1 fully saturated rings. The first-order chi connectivity index (χ1) is 10.6. The van der Waals surface area contributed by atoms with Gasteiger partial charge in [0, 0.05) is 36.8 Å². The largest absolute Gasteiger partial charge is 0.374 e. The Morgan fingerprint density at radius 3 is 2.36 bits per heavy atom. The van der Waals surface area contributed by atoms with Crippen LogP contribution in [0.3, 0.4) is 0 Å². The molecule has 1 aliphatic rings. The zero-order chi connectivity index (χ0) is 15.9. The molecule has 0 radical (unpaired) electrons. The van der Waals surface area contributed by atoms with Crippen LogP contribution in [0.4, 0.5) is 0 Å². The highest BCUT2D eigenvalue weighted by molar-refractivity contribution is 6.08. The zero-order valence-electron chi connectivity index (χ0n) is 12.7. The monoisotopic (exact) mass is 300 g/mol. The fourth-order valence-electron chi connectivity index (χ4n) is 2.47. The van der Waals surface area contributed by atoms with Crippen molar-refractivity contribution in [1.29, 1.82) is 0 Å². The number of imide groups is 1. The van der Waals surface area contributed by atoms with Crippen LogP contribution in [0.25, 0.3) is 0 Å². The molecule has 5 heteroatoms. The molecule has 22 heavy (non-hydrogen) atoms. The van der Waals surface area contributed by atoms with E-state index in [2.05, 4.69) is 5.32 Å². The van der Waals surface area contributed by atoms with E-state index >= 15 is 0 Å². The number of nitrogens with one attached hydrogen (secondary N) is 1. The summed E-state index contributed by atoms with van der Waals surface area (Å²) in [5, 5.41) is 2.33. The Balaban J connectivity index is 2.05. The van der Waals surface area contributed by atoms with Crippen LogP contribution in [0.15, 0.2) is 42.1 Å². The maximum atomic E-state index is 12.0. The Hall–Kier alpha value is -2.43. The number of hydrogen-bond acceptors (Lipinski definition) is 4. The summed E-state index contributed by atoms with van der Waals surface area (Å²) in [6.45, 7) is 3.19. The van der Waals surface area contributed by atoms with Crippen LogP contribution in [0, 0.1) is 0 Å². The predicted molar refractivity (Wildman–Crippen MR) is 83.1 cm³/mol. The van der Waals surface area contributed by atoms with E-state index in [1.807, 2.05) is 4.90 Å². The van der Waals surface area contributed by atoms with Crippen molar-refractivity contribution in [3.63, 3.8) is 0 Å². The Morgan fingerprint density at radius 2 is 1.77 bits per heavy atom. The molecule has 0 aromatic heterocycles. The highest BCUT2D eigenvalue weighted by Gasteiger charge is 2.18. The minimum Gasteiger partial charge on any atom is -0.374 e. The van der Waals surface area contributed by atoms with E-state index < -0.39 is 11.8 Å². The Morgan fingerprint density at radius 1 is 1.14 bits per heavy atom. The van der Waals surface area contributed by atoms with E-state index in [-0.39, 0.29) is 12.2 Å². The van der Waals surface area contributed by atoms with Crippen molar-refractivity contribution < 1.29 is 14.4 Å². The number of allylic oxidation sites excluding steroid dienone is 1. The maximum Gasteiger partial charge on any atom is 0.258 e. The Labute approximate surface area is 130 Å². The lowest BCUT2D eigenvalue weighted by Crippen LogP contribution is -2.30. The van der Waals surface area contributed by atoms with E-state index in [1.165, 1.54) is 13.0 Å². The summed E-state index contributed by atoms with van der Waals surface area (Å²) in [6, 6.07) is 8.56. The van der Waals surface area contributed by atoms with E-state index in [1.54, 1.807) is 30.3 Å². The van der Waals surface area contributed by atoms with Crippen LogP contribution in [0.5, 0.6) is 0 Å². The van der Waals surface area contributed by atoms with Gasteiger partial charge in [-0.05, 0) is 31.9 Å². The molecule has 1 heterocycles. The smallest absolute Gasteiger partial charge is 0.258 e. The van der Waals surface area contributed by atoms with Crippen LogP contribution in [-0.4, -0.2) is 35.6 Å².